The fourth-order valence-corrected chi connectivity index (χ4v) is 3.87. The van der Waals surface area contributed by atoms with Crippen molar-refractivity contribution in [2.24, 2.45) is 0 Å². The third kappa shape index (κ3) is 3.47. The highest BCUT2D eigenvalue weighted by Crippen LogP contribution is 2.36. The van der Waals surface area contributed by atoms with Gasteiger partial charge in [-0.15, -0.1) is 11.3 Å². The minimum atomic E-state index is 0.117. The fraction of sp³-hybridized carbons (Fsp3) is 0.333. The molecule has 5 heteroatoms. The number of benzene rings is 1. The third-order valence-corrected chi connectivity index (χ3v) is 4.77. The average molecular weight is 330 g/mol. The van der Waals surface area contributed by atoms with E-state index in [1.54, 1.807) is 7.11 Å². The molecule has 0 radical (unpaired) electrons. The Balaban J connectivity index is 2.15. The second kappa shape index (κ2) is 6.81. The summed E-state index contributed by atoms with van der Waals surface area (Å²) in [7, 11) is 1.69. The molecule has 2 rings (SSSR count). The smallest absolute Gasteiger partial charge is 0.123 e. The van der Waals surface area contributed by atoms with Crippen LogP contribution in [0.4, 0.5) is 0 Å². The van der Waals surface area contributed by atoms with Crippen molar-refractivity contribution in [3.63, 3.8) is 0 Å². The number of thiophene rings is 1. The summed E-state index contributed by atoms with van der Waals surface area (Å²) in [6, 6.07) is 10.2. The van der Waals surface area contributed by atoms with Crippen LogP contribution in [0.25, 0.3) is 0 Å². The number of para-hydroxylation sites is 1. The highest BCUT2D eigenvalue weighted by molar-refractivity contribution is 7.20. The normalized spacial score (nSPS) is 14.1. The van der Waals surface area contributed by atoms with Crippen LogP contribution in [0, 0.1) is 0 Å². The summed E-state index contributed by atoms with van der Waals surface area (Å²) in [5.74, 6) is 0.883. The maximum Gasteiger partial charge on any atom is 0.123 e. The van der Waals surface area contributed by atoms with E-state index >= 15 is 0 Å². The Morgan fingerprint density at radius 2 is 1.75 bits per heavy atom. The summed E-state index contributed by atoms with van der Waals surface area (Å²) in [6.45, 7) is 4.19. The highest BCUT2D eigenvalue weighted by Gasteiger charge is 2.17. The SMILES string of the molecule is COc1ccccc1C(C)NC(C)c1cc(Cl)sc1Cl. The van der Waals surface area contributed by atoms with E-state index in [1.807, 2.05) is 24.3 Å². The average Bonchev–Trinajstić information content (AvgIpc) is 2.77. The number of ether oxygens (including phenoxy) is 1. The molecule has 0 saturated carbocycles. The van der Waals surface area contributed by atoms with Crippen molar-refractivity contribution in [3.05, 3.63) is 50.1 Å². The first-order valence-electron chi connectivity index (χ1n) is 6.36. The van der Waals surface area contributed by atoms with E-state index in [0.717, 1.165) is 21.2 Å². The van der Waals surface area contributed by atoms with Gasteiger partial charge in [-0.05, 0) is 31.5 Å². The van der Waals surface area contributed by atoms with Crippen LogP contribution in [0.15, 0.2) is 30.3 Å². The lowest BCUT2D eigenvalue weighted by atomic mass is 10.0. The molecule has 2 unspecified atom stereocenters. The first-order chi connectivity index (χ1) is 9.52. The van der Waals surface area contributed by atoms with E-state index < -0.39 is 0 Å². The van der Waals surface area contributed by atoms with Crippen molar-refractivity contribution in [1.82, 2.24) is 5.32 Å². The molecule has 2 atom stereocenters. The van der Waals surface area contributed by atoms with E-state index in [2.05, 4.69) is 25.2 Å². The molecule has 1 N–H and O–H groups in total. The monoisotopic (exact) mass is 329 g/mol. The quantitative estimate of drug-likeness (QED) is 0.784. The standard InChI is InChI=1S/C15H17Cl2NOS/c1-9(11-6-4-5-7-13(11)19-3)18-10(2)12-8-14(16)20-15(12)17/h4-10,18H,1-3H3. The summed E-state index contributed by atoms with van der Waals surface area (Å²) < 4.78 is 6.85. The van der Waals surface area contributed by atoms with Crippen LogP contribution < -0.4 is 10.1 Å². The maximum absolute atomic E-state index is 6.20. The second-order valence-corrected chi connectivity index (χ2v) is 6.92. The largest absolute Gasteiger partial charge is 0.496 e. The van der Waals surface area contributed by atoms with E-state index in [1.165, 1.54) is 11.3 Å². The maximum atomic E-state index is 6.20. The molecule has 0 amide bonds. The lowest BCUT2D eigenvalue weighted by Gasteiger charge is -2.21. The van der Waals surface area contributed by atoms with Gasteiger partial charge < -0.3 is 10.1 Å². The van der Waals surface area contributed by atoms with Gasteiger partial charge in [0.25, 0.3) is 0 Å². The summed E-state index contributed by atoms with van der Waals surface area (Å²) in [5, 5.41) is 3.52. The molecule has 108 valence electrons. The van der Waals surface area contributed by atoms with Gasteiger partial charge in [0.2, 0.25) is 0 Å². The lowest BCUT2D eigenvalue weighted by molar-refractivity contribution is 0.396. The van der Waals surface area contributed by atoms with Gasteiger partial charge >= 0.3 is 0 Å². The fourth-order valence-electron chi connectivity index (χ4n) is 2.23. The zero-order valence-electron chi connectivity index (χ0n) is 11.6. The molecular formula is C15H17Cl2NOS. The van der Waals surface area contributed by atoms with Gasteiger partial charge in [-0.1, -0.05) is 41.4 Å². The van der Waals surface area contributed by atoms with Crippen LogP contribution in [0.2, 0.25) is 8.67 Å². The van der Waals surface area contributed by atoms with Crippen molar-refractivity contribution in [3.8, 4) is 5.75 Å². The molecule has 1 aromatic carbocycles. The van der Waals surface area contributed by atoms with Crippen molar-refractivity contribution in [2.45, 2.75) is 25.9 Å². The Morgan fingerprint density at radius 1 is 1.10 bits per heavy atom. The Labute approximate surface area is 133 Å². The number of halogens is 2. The van der Waals surface area contributed by atoms with E-state index in [4.69, 9.17) is 27.9 Å². The van der Waals surface area contributed by atoms with Crippen LogP contribution in [-0.4, -0.2) is 7.11 Å². The van der Waals surface area contributed by atoms with Crippen molar-refractivity contribution >= 4 is 34.5 Å². The minimum Gasteiger partial charge on any atom is -0.496 e. The van der Waals surface area contributed by atoms with Gasteiger partial charge in [0, 0.05) is 17.6 Å². The first kappa shape index (κ1) is 15.6. The Kier molecular flexibility index (Phi) is 5.33. The predicted octanol–water partition coefficient (Wildman–Crippen LogP) is 5.48. The topological polar surface area (TPSA) is 21.3 Å². The molecule has 0 spiro atoms. The summed E-state index contributed by atoms with van der Waals surface area (Å²) in [6.07, 6.45) is 0. The van der Waals surface area contributed by atoms with Crippen molar-refractivity contribution < 1.29 is 4.74 Å². The molecule has 0 bridgehead atoms. The van der Waals surface area contributed by atoms with Crippen molar-refractivity contribution in [1.29, 1.82) is 0 Å². The molecule has 0 aliphatic heterocycles. The van der Waals surface area contributed by atoms with Crippen LogP contribution in [0.5, 0.6) is 5.75 Å². The zero-order chi connectivity index (χ0) is 14.7. The van der Waals surface area contributed by atoms with Crippen LogP contribution in [-0.2, 0) is 0 Å². The van der Waals surface area contributed by atoms with E-state index in [-0.39, 0.29) is 12.1 Å². The highest BCUT2D eigenvalue weighted by atomic mass is 35.5. The summed E-state index contributed by atoms with van der Waals surface area (Å²) in [5.41, 5.74) is 2.16. The molecule has 0 fully saturated rings. The van der Waals surface area contributed by atoms with Crippen LogP contribution in [0.3, 0.4) is 0 Å². The number of hydrogen-bond acceptors (Lipinski definition) is 3. The summed E-state index contributed by atoms with van der Waals surface area (Å²) in [4.78, 5) is 0. The van der Waals surface area contributed by atoms with Gasteiger partial charge in [-0.3, -0.25) is 0 Å². The molecule has 0 saturated heterocycles. The van der Waals surface area contributed by atoms with Gasteiger partial charge in [0.05, 0.1) is 15.8 Å². The van der Waals surface area contributed by atoms with Gasteiger partial charge in [-0.2, -0.15) is 0 Å². The number of methoxy groups -OCH3 is 1. The number of nitrogens with one attached hydrogen (secondary N) is 1. The molecule has 2 aromatic rings. The van der Waals surface area contributed by atoms with Gasteiger partial charge in [-0.25, -0.2) is 0 Å². The van der Waals surface area contributed by atoms with E-state index in [9.17, 15) is 0 Å². The Bertz CT molecular complexity index is 585. The molecule has 1 heterocycles. The van der Waals surface area contributed by atoms with Crippen LogP contribution in [0.1, 0.15) is 37.1 Å². The molecule has 0 aliphatic carbocycles. The predicted molar refractivity (Wildman–Crippen MR) is 87.3 cm³/mol. The molecule has 2 nitrogen and oxygen atoms in total. The molecular weight excluding hydrogens is 313 g/mol. The zero-order valence-corrected chi connectivity index (χ0v) is 13.9. The third-order valence-electron chi connectivity index (χ3n) is 3.25. The minimum absolute atomic E-state index is 0.117. The van der Waals surface area contributed by atoms with Gasteiger partial charge in [0.1, 0.15) is 5.75 Å². The number of rotatable bonds is 5. The van der Waals surface area contributed by atoms with Crippen LogP contribution >= 0.6 is 34.5 Å². The molecule has 1 aromatic heterocycles. The second-order valence-electron chi connectivity index (χ2n) is 4.63. The van der Waals surface area contributed by atoms with E-state index in [0.29, 0.717) is 4.34 Å². The summed E-state index contributed by atoms with van der Waals surface area (Å²) >= 11 is 13.6. The van der Waals surface area contributed by atoms with Crippen molar-refractivity contribution in [2.75, 3.05) is 7.11 Å². The Morgan fingerprint density at radius 3 is 2.35 bits per heavy atom. The van der Waals surface area contributed by atoms with Gasteiger partial charge in [0.15, 0.2) is 0 Å². The molecule has 20 heavy (non-hydrogen) atoms. The lowest BCUT2D eigenvalue weighted by Crippen LogP contribution is -2.22. The number of hydrogen-bond donors (Lipinski definition) is 1. The molecule has 0 aliphatic rings. The Hall–Kier alpha value is -0.740. The first-order valence-corrected chi connectivity index (χ1v) is 7.94.